The Morgan fingerprint density at radius 2 is 1.61 bits per heavy atom. The van der Waals surface area contributed by atoms with Crippen LogP contribution in [0.2, 0.25) is 0 Å². The average molecular weight is 773 g/mol. The van der Waals surface area contributed by atoms with E-state index in [9.17, 15) is 26.7 Å². The normalized spacial score (nSPS) is 19.0. The van der Waals surface area contributed by atoms with Crippen molar-refractivity contribution in [3.05, 3.63) is 99.5 Å². The van der Waals surface area contributed by atoms with Crippen molar-refractivity contribution in [3.8, 4) is 11.5 Å². The van der Waals surface area contributed by atoms with Gasteiger partial charge in [-0.05, 0) is 73.7 Å². The van der Waals surface area contributed by atoms with Crippen LogP contribution in [-0.4, -0.2) is 62.2 Å². The Morgan fingerprint density at radius 3 is 2.13 bits per heavy atom. The largest absolute Gasteiger partial charge is 0.497 e. The number of aliphatic hydroxyl groups is 1. The van der Waals surface area contributed by atoms with Crippen LogP contribution >= 0.6 is 0 Å². The Morgan fingerprint density at radius 1 is 1.02 bits per heavy atom. The number of alkyl halides is 3. The highest BCUT2D eigenvalue weighted by molar-refractivity contribution is 7.91. The maximum absolute atomic E-state index is 17.2. The minimum absolute atomic E-state index is 0.0651. The van der Waals surface area contributed by atoms with Crippen LogP contribution in [0.5, 0.6) is 11.5 Å². The van der Waals surface area contributed by atoms with E-state index in [1.54, 1.807) is 65.3 Å². The van der Waals surface area contributed by atoms with Crippen LogP contribution in [0.15, 0.2) is 59.8 Å². The van der Waals surface area contributed by atoms with Crippen molar-refractivity contribution >= 4 is 21.3 Å². The number of aryl methyl sites for hydroxylation is 1. The van der Waals surface area contributed by atoms with E-state index in [1.807, 2.05) is 0 Å². The zero-order valence-electron chi connectivity index (χ0n) is 30.8. The highest BCUT2D eigenvalue weighted by Crippen LogP contribution is 2.46. The average Bonchev–Trinajstić information content (AvgIpc) is 3.14. The van der Waals surface area contributed by atoms with Crippen LogP contribution in [0.25, 0.3) is 0 Å². The van der Waals surface area contributed by atoms with E-state index >= 15 is 4.39 Å². The van der Waals surface area contributed by atoms with Crippen LogP contribution < -0.4 is 19.3 Å². The molecule has 2 unspecified atom stereocenters. The van der Waals surface area contributed by atoms with Gasteiger partial charge in [0.15, 0.2) is 5.82 Å². The lowest BCUT2D eigenvalue weighted by atomic mass is 9.90. The van der Waals surface area contributed by atoms with E-state index in [2.05, 4.69) is 9.97 Å². The van der Waals surface area contributed by atoms with Gasteiger partial charge >= 0.3 is 6.18 Å². The Hall–Kier alpha value is -4.47. The molecule has 1 aromatic heterocycles. The van der Waals surface area contributed by atoms with E-state index in [-0.39, 0.29) is 61.2 Å². The molecular formula is C39H44F4N4O6S. The number of benzene rings is 3. The number of nitrogens with zero attached hydrogens (tertiary/aromatic N) is 4. The monoisotopic (exact) mass is 772 g/mol. The summed E-state index contributed by atoms with van der Waals surface area (Å²) in [4.78, 5) is 12.2. The smallest absolute Gasteiger partial charge is 0.417 e. The molecule has 290 valence electrons. The first-order valence-corrected chi connectivity index (χ1v) is 19.3. The first-order valence-electron chi connectivity index (χ1n) is 17.7. The van der Waals surface area contributed by atoms with Gasteiger partial charge in [-0.15, -0.1) is 0 Å². The molecule has 1 fully saturated rings. The maximum atomic E-state index is 17.2. The first kappa shape index (κ1) is 39.2. The number of β-amino-alcohol motifs (C(OH)–C–C–N with tert-alkyl or cyclic N) is 1. The Bertz CT molecular complexity index is 2050. The lowest BCUT2D eigenvalue weighted by Crippen LogP contribution is -2.47. The molecule has 0 aliphatic carbocycles. The number of hydrogen-bond donors (Lipinski definition) is 1. The summed E-state index contributed by atoms with van der Waals surface area (Å²) in [6.45, 7) is 4.99. The summed E-state index contributed by atoms with van der Waals surface area (Å²) in [7, 11) is -0.895. The lowest BCUT2D eigenvalue weighted by Gasteiger charge is -2.39. The summed E-state index contributed by atoms with van der Waals surface area (Å²) < 4.78 is 105. The molecule has 4 aromatic rings. The first-order chi connectivity index (χ1) is 25.5. The van der Waals surface area contributed by atoms with Gasteiger partial charge in [0.1, 0.15) is 17.3 Å². The van der Waals surface area contributed by atoms with Crippen molar-refractivity contribution in [2.75, 3.05) is 42.9 Å². The molecule has 1 saturated heterocycles. The number of sulfone groups is 1. The predicted octanol–water partition coefficient (Wildman–Crippen LogP) is 7.13. The van der Waals surface area contributed by atoms with Crippen LogP contribution in [0.4, 0.5) is 29.1 Å². The second-order valence-corrected chi connectivity index (χ2v) is 16.2. The number of rotatable bonds is 11. The molecule has 0 radical (unpaired) electrons. The quantitative estimate of drug-likeness (QED) is 0.125. The molecule has 0 spiro atoms. The summed E-state index contributed by atoms with van der Waals surface area (Å²) >= 11 is 0. The summed E-state index contributed by atoms with van der Waals surface area (Å²) in [5.74, 6) is 0.0427. The van der Waals surface area contributed by atoms with Crippen LogP contribution in [-0.2, 0) is 46.9 Å². The number of anilines is 2. The number of piperidine rings is 1. The zero-order valence-corrected chi connectivity index (χ0v) is 31.7. The number of aromatic nitrogens is 2. The molecule has 1 N–H and O–H groups in total. The Kier molecular flexibility index (Phi) is 11.1. The van der Waals surface area contributed by atoms with Gasteiger partial charge in [0, 0.05) is 43.7 Å². The van der Waals surface area contributed by atoms with Gasteiger partial charge in [0.25, 0.3) is 0 Å². The fourth-order valence-corrected chi connectivity index (χ4v) is 7.92. The van der Waals surface area contributed by atoms with Crippen LogP contribution in [0.1, 0.15) is 71.9 Å². The van der Waals surface area contributed by atoms with E-state index in [0.29, 0.717) is 36.4 Å². The highest BCUT2D eigenvalue weighted by atomic mass is 32.2. The van der Waals surface area contributed by atoms with Crippen molar-refractivity contribution < 1.29 is 45.3 Å². The third kappa shape index (κ3) is 8.27. The minimum Gasteiger partial charge on any atom is -0.497 e. The van der Waals surface area contributed by atoms with Gasteiger partial charge in [-0.25, -0.2) is 22.8 Å². The number of hydrogen-bond acceptors (Lipinski definition) is 10. The number of halogens is 4. The molecule has 54 heavy (non-hydrogen) atoms. The molecule has 0 saturated carbocycles. The minimum atomic E-state index is -4.95. The van der Waals surface area contributed by atoms with Crippen molar-refractivity contribution in [3.63, 3.8) is 0 Å². The fraction of sp³-hybridized carbons (Fsp3) is 0.436. The second kappa shape index (κ2) is 15.3. The zero-order chi connectivity index (χ0) is 39.0. The van der Waals surface area contributed by atoms with Gasteiger partial charge in [0.2, 0.25) is 15.0 Å². The van der Waals surface area contributed by atoms with E-state index < -0.39 is 49.8 Å². The number of methoxy groups -OCH3 is 2. The molecular weight excluding hydrogens is 729 g/mol. The molecule has 0 amide bonds. The molecule has 0 bridgehead atoms. The molecule has 3 aromatic carbocycles. The summed E-state index contributed by atoms with van der Waals surface area (Å²) in [5, 5.41) is 10.4. The second-order valence-electron chi connectivity index (χ2n) is 14.0. The molecule has 2 aliphatic heterocycles. The fourth-order valence-electron chi connectivity index (χ4n) is 7.18. The molecule has 2 atom stereocenters. The SMILES string of the molecule is CCS(=O)(=O)c1nc2c(c(N3CCCC(C)(O)C3)n1)COC(c1c(F)c(N(Cc3ccc(OC)cc3)Cc3ccc(OC)cc3)cc(C)c1C(F)(F)F)C2. The molecule has 10 nitrogen and oxygen atoms in total. The third-order valence-corrected chi connectivity index (χ3v) is 11.5. The summed E-state index contributed by atoms with van der Waals surface area (Å²) in [6.07, 6.45) is -5.65. The standard InChI is InChI=1S/C39H44F4N4O6S/c1-6-54(49,50)37-44-30-19-32(53-22-29(30)36(45-37)46-17-7-16-38(3,48)23-46)33-34(39(41,42)43)24(2)18-31(35(33)40)47(20-25-8-12-27(51-4)13-9-25)21-26-10-14-28(52-5)15-11-26/h8-15,18,32,48H,6-7,16-17,19-23H2,1-5H3. The predicted molar refractivity (Wildman–Crippen MR) is 195 cm³/mol. The van der Waals surface area contributed by atoms with Gasteiger partial charge < -0.3 is 29.1 Å². The molecule has 6 rings (SSSR count). The van der Waals surface area contributed by atoms with Crippen molar-refractivity contribution in [1.29, 1.82) is 0 Å². The van der Waals surface area contributed by atoms with E-state index in [4.69, 9.17) is 14.2 Å². The van der Waals surface area contributed by atoms with Gasteiger partial charge in [-0.2, -0.15) is 13.2 Å². The topological polar surface area (TPSA) is 114 Å². The van der Waals surface area contributed by atoms with Crippen molar-refractivity contribution in [1.82, 2.24) is 9.97 Å². The molecule has 15 heteroatoms. The van der Waals surface area contributed by atoms with Crippen molar-refractivity contribution in [2.24, 2.45) is 0 Å². The summed E-state index contributed by atoms with van der Waals surface area (Å²) in [6, 6.07) is 15.4. The van der Waals surface area contributed by atoms with Gasteiger partial charge in [0.05, 0.1) is 55.2 Å². The van der Waals surface area contributed by atoms with E-state index in [1.165, 1.54) is 34.1 Å². The van der Waals surface area contributed by atoms with Crippen LogP contribution in [0, 0.1) is 12.7 Å². The summed E-state index contributed by atoms with van der Waals surface area (Å²) in [5.41, 5.74) is -1.13. The molecule has 2 aliphatic rings. The highest BCUT2D eigenvalue weighted by Gasteiger charge is 2.43. The van der Waals surface area contributed by atoms with E-state index in [0.717, 1.165) is 11.1 Å². The Labute approximate surface area is 312 Å². The number of ether oxygens (including phenoxy) is 3. The van der Waals surface area contributed by atoms with Gasteiger partial charge in [-0.1, -0.05) is 31.2 Å². The Balaban J connectivity index is 1.47. The maximum Gasteiger partial charge on any atom is 0.417 e. The lowest BCUT2D eigenvalue weighted by molar-refractivity contribution is -0.140. The van der Waals surface area contributed by atoms with Gasteiger partial charge in [-0.3, -0.25) is 0 Å². The molecule has 3 heterocycles. The third-order valence-electron chi connectivity index (χ3n) is 9.98. The number of fused-ring (bicyclic) bond motifs is 1. The van der Waals surface area contributed by atoms with Crippen LogP contribution in [0.3, 0.4) is 0 Å². The van der Waals surface area contributed by atoms with Crippen molar-refractivity contribution in [2.45, 2.75) is 82.8 Å².